The molecule has 3 aromatic carbocycles. The Hall–Kier alpha value is -3.21. The third-order valence-electron chi connectivity index (χ3n) is 6.23. The van der Waals surface area contributed by atoms with Gasteiger partial charge in [0.1, 0.15) is 10.6 Å². The van der Waals surface area contributed by atoms with E-state index in [9.17, 15) is 13.5 Å². The highest BCUT2D eigenvalue weighted by Crippen LogP contribution is 2.38. The lowest BCUT2D eigenvalue weighted by Crippen LogP contribution is -2.32. The predicted octanol–water partition coefficient (Wildman–Crippen LogP) is 5.50. The van der Waals surface area contributed by atoms with Gasteiger partial charge < -0.3 is 14.3 Å². The maximum atomic E-state index is 11.7. The first-order valence-electron chi connectivity index (χ1n) is 12.2. The predicted molar refractivity (Wildman–Crippen MR) is 149 cm³/mol. The molecule has 5 rings (SSSR count). The Bertz CT molecular complexity index is 1520. The van der Waals surface area contributed by atoms with Crippen LogP contribution in [0.5, 0.6) is 0 Å². The lowest BCUT2D eigenvalue weighted by Gasteiger charge is -2.31. The average molecular weight is 549 g/mol. The van der Waals surface area contributed by atoms with Gasteiger partial charge in [-0.3, -0.25) is 0 Å². The first kappa shape index (κ1) is 26.4. The van der Waals surface area contributed by atoms with Crippen molar-refractivity contribution < 1.29 is 22.7 Å². The minimum atomic E-state index is -3.79. The van der Waals surface area contributed by atoms with Gasteiger partial charge in [-0.25, -0.2) is 18.5 Å². The van der Waals surface area contributed by atoms with E-state index in [1.165, 1.54) is 23.9 Å². The molecule has 1 fully saturated rings. The highest BCUT2D eigenvalue weighted by molar-refractivity contribution is 8.00. The topological polar surface area (TPSA) is 116 Å². The van der Waals surface area contributed by atoms with Crippen molar-refractivity contribution in [2.24, 2.45) is 5.14 Å². The summed E-state index contributed by atoms with van der Waals surface area (Å²) in [5.41, 5.74) is 3.35. The van der Waals surface area contributed by atoms with Gasteiger partial charge in [-0.15, -0.1) is 0 Å². The monoisotopic (exact) mass is 548 g/mol. The van der Waals surface area contributed by atoms with Crippen LogP contribution in [0.4, 0.5) is 0 Å². The third-order valence-corrected chi connectivity index (χ3v) is 8.44. The molecule has 0 atom stereocenters. The summed E-state index contributed by atoms with van der Waals surface area (Å²) in [5, 5.41) is 16.1. The van der Waals surface area contributed by atoms with Crippen LogP contribution in [0.1, 0.15) is 24.3 Å². The summed E-state index contributed by atoms with van der Waals surface area (Å²) in [7, 11) is -3.79. The Labute approximate surface area is 226 Å². The van der Waals surface area contributed by atoms with Crippen molar-refractivity contribution >= 4 is 27.9 Å². The van der Waals surface area contributed by atoms with Gasteiger partial charge in [0.15, 0.2) is 5.76 Å². The molecule has 7 nitrogen and oxygen atoms in total. The molecule has 38 heavy (non-hydrogen) atoms. The molecule has 0 saturated carbocycles. The van der Waals surface area contributed by atoms with Crippen LogP contribution in [0, 0.1) is 0 Å². The molecule has 1 aromatic heterocycles. The summed E-state index contributed by atoms with van der Waals surface area (Å²) in [6, 6.07) is 24.1. The Morgan fingerprint density at radius 2 is 1.71 bits per heavy atom. The fraction of sp³-hybridized carbons (Fsp3) is 0.207. The normalized spacial score (nSPS) is 15.6. The van der Waals surface area contributed by atoms with E-state index < -0.39 is 15.0 Å². The van der Waals surface area contributed by atoms with E-state index in [-0.39, 0.29) is 4.90 Å². The van der Waals surface area contributed by atoms with Crippen LogP contribution in [0.15, 0.2) is 99.1 Å². The summed E-state index contributed by atoms with van der Waals surface area (Å²) >= 11 is 1.49. The smallest absolute Gasteiger partial charge is 0.238 e. The third kappa shape index (κ3) is 6.43. The number of primary sulfonamides is 1. The molecule has 196 valence electrons. The molecule has 0 spiro atoms. The van der Waals surface area contributed by atoms with E-state index in [1.807, 2.05) is 60.7 Å². The van der Waals surface area contributed by atoms with Crippen molar-refractivity contribution in [2.75, 3.05) is 13.2 Å². The molecule has 0 aliphatic carbocycles. The van der Waals surface area contributed by atoms with Crippen LogP contribution in [0.3, 0.4) is 0 Å². The Morgan fingerprint density at radius 3 is 2.42 bits per heavy atom. The number of hydrogen-bond acceptors (Lipinski definition) is 7. The van der Waals surface area contributed by atoms with Gasteiger partial charge in [0, 0.05) is 28.9 Å². The standard InChI is InChI=1S/C29H28N2O5S2/c30-38(33,34)25-14-12-23(13-15-25)28-27(22-8-2-1-3-9-22)31-26(36-28)11-5-7-21-6-4-10-24(20-21)37-29(32)16-18-35-19-17-29/h1-6,8-15,20,32H,7,16-19H2,(H2,30,33,34)/b11-5-. The molecule has 0 bridgehead atoms. The fourth-order valence-corrected chi connectivity index (χ4v) is 5.92. The van der Waals surface area contributed by atoms with Gasteiger partial charge in [0.2, 0.25) is 15.9 Å². The summed E-state index contributed by atoms with van der Waals surface area (Å²) in [6.45, 7) is 1.15. The Kier molecular flexibility index (Phi) is 7.83. The van der Waals surface area contributed by atoms with Crippen molar-refractivity contribution in [1.29, 1.82) is 0 Å². The van der Waals surface area contributed by atoms with Crippen molar-refractivity contribution in [3.05, 3.63) is 96.4 Å². The number of aromatic nitrogens is 1. The van der Waals surface area contributed by atoms with Gasteiger partial charge in [-0.05, 0) is 54.5 Å². The number of benzene rings is 3. The number of nitrogens with zero attached hydrogens (tertiary/aromatic N) is 1. The van der Waals surface area contributed by atoms with E-state index >= 15 is 0 Å². The molecule has 3 N–H and O–H groups in total. The van der Waals surface area contributed by atoms with E-state index in [0.717, 1.165) is 16.0 Å². The fourth-order valence-electron chi connectivity index (χ4n) is 4.23. The highest BCUT2D eigenvalue weighted by Gasteiger charge is 2.30. The van der Waals surface area contributed by atoms with Crippen LogP contribution in [0.2, 0.25) is 0 Å². The average Bonchev–Trinajstić information content (AvgIpc) is 3.33. The molecule has 1 aliphatic heterocycles. The minimum Gasteiger partial charge on any atom is -0.436 e. The molecular weight excluding hydrogens is 520 g/mol. The zero-order chi connectivity index (χ0) is 26.6. The second-order valence-corrected chi connectivity index (χ2v) is 12.1. The minimum absolute atomic E-state index is 0.0338. The summed E-state index contributed by atoms with van der Waals surface area (Å²) in [4.78, 5) is 4.98. The first-order valence-corrected chi connectivity index (χ1v) is 14.6. The molecule has 1 aliphatic rings. The number of rotatable bonds is 8. The van der Waals surface area contributed by atoms with Crippen LogP contribution in [0.25, 0.3) is 28.7 Å². The van der Waals surface area contributed by atoms with Crippen LogP contribution in [-0.4, -0.2) is 36.7 Å². The van der Waals surface area contributed by atoms with E-state index in [0.29, 0.717) is 55.4 Å². The molecule has 1 saturated heterocycles. The maximum Gasteiger partial charge on any atom is 0.238 e. The number of allylic oxidation sites excluding steroid dienone is 1. The lowest BCUT2D eigenvalue weighted by atomic mass is 10.1. The number of sulfonamides is 1. The van der Waals surface area contributed by atoms with Gasteiger partial charge in [-0.2, -0.15) is 0 Å². The Balaban J connectivity index is 1.37. The number of hydrogen-bond donors (Lipinski definition) is 2. The van der Waals surface area contributed by atoms with Gasteiger partial charge in [0.25, 0.3) is 0 Å². The van der Waals surface area contributed by atoms with Gasteiger partial charge in [0.05, 0.1) is 18.1 Å². The highest BCUT2D eigenvalue weighted by atomic mass is 32.2. The van der Waals surface area contributed by atoms with Crippen LogP contribution >= 0.6 is 11.8 Å². The zero-order valence-electron chi connectivity index (χ0n) is 20.6. The second kappa shape index (κ2) is 11.3. The quantitative estimate of drug-likeness (QED) is 0.279. The summed E-state index contributed by atoms with van der Waals surface area (Å²) in [6.07, 6.45) is 5.71. The summed E-state index contributed by atoms with van der Waals surface area (Å²) in [5.74, 6) is 0.983. The molecule has 0 amide bonds. The van der Waals surface area contributed by atoms with Crippen molar-refractivity contribution in [3.8, 4) is 22.6 Å². The van der Waals surface area contributed by atoms with Crippen LogP contribution < -0.4 is 5.14 Å². The zero-order valence-corrected chi connectivity index (χ0v) is 22.3. The number of ether oxygens (including phenoxy) is 1. The molecule has 0 unspecified atom stereocenters. The number of nitrogens with two attached hydrogens (primary N) is 1. The van der Waals surface area contributed by atoms with Crippen LogP contribution in [-0.2, 0) is 21.2 Å². The number of thioether (sulfide) groups is 1. The van der Waals surface area contributed by atoms with E-state index in [1.54, 1.807) is 12.1 Å². The summed E-state index contributed by atoms with van der Waals surface area (Å²) < 4.78 is 34.8. The largest absolute Gasteiger partial charge is 0.436 e. The maximum absolute atomic E-state index is 11.7. The van der Waals surface area contributed by atoms with Crippen molar-refractivity contribution in [1.82, 2.24) is 4.98 Å². The SMILES string of the molecule is NS(=O)(=O)c1ccc(-c2oc(/C=C\Cc3cccc(SC4(O)CCOCC4)c3)nc2-c2ccccc2)cc1. The molecule has 4 aromatic rings. The number of aliphatic hydroxyl groups is 1. The second-order valence-electron chi connectivity index (χ2n) is 9.08. The van der Waals surface area contributed by atoms with Crippen molar-refractivity contribution in [3.63, 3.8) is 0 Å². The molecule has 2 heterocycles. The van der Waals surface area contributed by atoms with Gasteiger partial charge in [-0.1, -0.05) is 60.3 Å². The lowest BCUT2D eigenvalue weighted by molar-refractivity contribution is -0.00598. The Morgan fingerprint density at radius 1 is 0.974 bits per heavy atom. The first-order chi connectivity index (χ1) is 18.3. The number of oxazole rings is 1. The van der Waals surface area contributed by atoms with Gasteiger partial charge >= 0.3 is 0 Å². The molecule has 0 radical (unpaired) electrons. The van der Waals surface area contributed by atoms with E-state index in [4.69, 9.17) is 19.3 Å². The molecule has 9 heteroatoms. The van der Waals surface area contributed by atoms with E-state index in [2.05, 4.69) is 6.07 Å². The molecular formula is C29H28N2O5S2. The van der Waals surface area contributed by atoms with Crippen molar-refractivity contribution in [2.45, 2.75) is 34.0 Å².